The van der Waals surface area contributed by atoms with E-state index in [4.69, 9.17) is 9.47 Å². The maximum absolute atomic E-state index is 5.17. The van der Waals surface area contributed by atoms with Gasteiger partial charge in [0, 0.05) is 9.79 Å². The van der Waals surface area contributed by atoms with E-state index in [0.29, 0.717) is 0 Å². The van der Waals surface area contributed by atoms with Gasteiger partial charge in [0.25, 0.3) is 0 Å². The van der Waals surface area contributed by atoms with Crippen molar-refractivity contribution in [2.75, 3.05) is 25.7 Å². The van der Waals surface area contributed by atoms with Crippen LogP contribution in [0.2, 0.25) is 0 Å². The Kier molecular flexibility index (Phi) is 8.26. The first-order valence-corrected chi connectivity index (χ1v) is 9.82. The van der Waals surface area contributed by atoms with Crippen molar-refractivity contribution in [2.45, 2.75) is 29.1 Å². The summed E-state index contributed by atoms with van der Waals surface area (Å²) in [5.74, 6) is 4.20. The van der Waals surface area contributed by atoms with E-state index in [0.717, 1.165) is 11.5 Å². The van der Waals surface area contributed by atoms with Crippen LogP contribution in [-0.4, -0.2) is 25.7 Å². The van der Waals surface area contributed by atoms with Gasteiger partial charge in [-0.05, 0) is 72.9 Å². The van der Waals surface area contributed by atoms with Gasteiger partial charge in [-0.25, -0.2) is 0 Å². The summed E-state index contributed by atoms with van der Waals surface area (Å²) < 4.78 is 10.3. The van der Waals surface area contributed by atoms with Crippen LogP contribution in [0.1, 0.15) is 19.3 Å². The van der Waals surface area contributed by atoms with Gasteiger partial charge in [0.05, 0.1) is 14.2 Å². The molecule has 0 aliphatic rings. The summed E-state index contributed by atoms with van der Waals surface area (Å²) >= 11 is 3.84. The quantitative estimate of drug-likeness (QED) is 0.401. The Labute approximate surface area is 148 Å². The molecule has 0 amide bonds. The minimum atomic E-state index is 0.921. The minimum Gasteiger partial charge on any atom is -0.497 e. The molecule has 4 heteroatoms. The lowest BCUT2D eigenvalue weighted by molar-refractivity contribution is 0.414. The first-order valence-electron chi connectivity index (χ1n) is 7.85. The van der Waals surface area contributed by atoms with Crippen LogP contribution < -0.4 is 9.47 Å². The lowest BCUT2D eigenvalue weighted by atomic mass is 10.3. The van der Waals surface area contributed by atoms with Crippen LogP contribution in [0.4, 0.5) is 0 Å². The molecule has 0 fully saturated rings. The van der Waals surface area contributed by atoms with Gasteiger partial charge in [0.1, 0.15) is 11.5 Å². The number of hydrogen-bond donors (Lipinski definition) is 0. The third-order valence-electron chi connectivity index (χ3n) is 3.45. The zero-order valence-corrected chi connectivity index (χ0v) is 15.4. The summed E-state index contributed by atoms with van der Waals surface area (Å²) in [7, 11) is 3.40. The summed E-state index contributed by atoms with van der Waals surface area (Å²) in [5, 5.41) is 0. The molecule has 2 nitrogen and oxygen atoms in total. The normalized spacial score (nSPS) is 10.5. The smallest absolute Gasteiger partial charge is 0.118 e. The Morgan fingerprint density at radius 3 is 1.35 bits per heavy atom. The second-order valence-electron chi connectivity index (χ2n) is 5.11. The number of ether oxygens (including phenoxy) is 2. The maximum Gasteiger partial charge on any atom is 0.118 e. The standard InChI is InChI=1S/C19H24O2S2/c1-20-16-6-10-18(11-7-16)22-14-4-3-5-15-23-19-12-8-17(21-2)9-13-19/h6-13H,3-5,14-15H2,1-2H3. The number of benzene rings is 2. The molecule has 2 aromatic rings. The van der Waals surface area contributed by atoms with E-state index in [2.05, 4.69) is 24.3 Å². The van der Waals surface area contributed by atoms with Gasteiger partial charge in [-0.3, -0.25) is 0 Å². The third-order valence-corrected chi connectivity index (χ3v) is 5.64. The molecule has 0 saturated carbocycles. The van der Waals surface area contributed by atoms with E-state index in [1.54, 1.807) is 14.2 Å². The van der Waals surface area contributed by atoms with Crippen LogP contribution in [0, 0.1) is 0 Å². The van der Waals surface area contributed by atoms with Crippen molar-refractivity contribution in [2.24, 2.45) is 0 Å². The Hall–Kier alpha value is -1.26. The van der Waals surface area contributed by atoms with Crippen LogP contribution >= 0.6 is 23.5 Å². The zero-order valence-electron chi connectivity index (χ0n) is 13.8. The Morgan fingerprint density at radius 1 is 0.609 bits per heavy atom. The van der Waals surface area contributed by atoms with Gasteiger partial charge in [-0.15, -0.1) is 23.5 Å². The van der Waals surface area contributed by atoms with Crippen LogP contribution in [0.25, 0.3) is 0 Å². The molecule has 124 valence electrons. The molecule has 0 N–H and O–H groups in total. The summed E-state index contributed by atoms with van der Waals surface area (Å²) in [6.07, 6.45) is 3.81. The number of methoxy groups -OCH3 is 2. The molecule has 0 spiro atoms. The third kappa shape index (κ3) is 6.80. The molecule has 0 saturated heterocycles. The molecule has 0 atom stereocenters. The number of thioether (sulfide) groups is 2. The molecule has 2 aromatic carbocycles. The fourth-order valence-corrected chi connectivity index (χ4v) is 3.93. The van der Waals surface area contributed by atoms with Crippen molar-refractivity contribution in [1.82, 2.24) is 0 Å². The lowest BCUT2D eigenvalue weighted by Crippen LogP contribution is -1.86. The highest BCUT2D eigenvalue weighted by atomic mass is 32.2. The topological polar surface area (TPSA) is 18.5 Å². The fraction of sp³-hybridized carbons (Fsp3) is 0.368. The van der Waals surface area contributed by atoms with Crippen molar-refractivity contribution in [3.05, 3.63) is 48.5 Å². The number of rotatable bonds is 10. The molecule has 23 heavy (non-hydrogen) atoms. The number of unbranched alkanes of at least 4 members (excludes halogenated alkanes) is 2. The van der Waals surface area contributed by atoms with Crippen LogP contribution in [0.15, 0.2) is 58.3 Å². The van der Waals surface area contributed by atoms with Crippen LogP contribution in [0.3, 0.4) is 0 Å². The van der Waals surface area contributed by atoms with Crippen LogP contribution in [-0.2, 0) is 0 Å². The fourth-order valence-electron chi connectivity index (χ4n) is 2.10. The van der Waals surface area contributed by atoms with E-state index in [1.165, 1.54) is 40.6 Å². The van der Waals surface area contributed by atoms with Gasteiger partial charge in [-0.2, -0.15) is 0 Å². The zero-order chi connectivity index (χ0) is 16.3. The van der Waals surface area contributed by atoms with Gasteiger partial charge in [0.2, 0.25) is 0 Å². The van der Waals surface area contributed by atoms with Crippen molar-refractivity contribution < 1.29 is 9.47 Å². The van der Waals surface area contributed by atoms with Gasteiger partial charge in [-0.1, -0.05) is 6.42 Å². The highest BCUT2D eigenvalue weighted by Crippen LogP contribution is 2.24. The second kappa shape index (κ2) is 10.5. The van der Waals surface area contributed by atoms with Crippen molar-refractivity contribution in [3.63, 3.8) is 0 Å². The maximum atomic E-state index is 5.17. The molecule has 0 aromatic heterocycles. The van der Waals surface area contributed by atoms with E-state index in [1.807, 2.05) is 47.8 Å². The van der Waals surface area contributed by atoms with Gasteiger partial charge in [0.15, 0.2) is 0 Å². The van der Waals surface area contributed by atoms with E-state index in [9.17, 15) is 0 Å². The van der Waals surface area contributed by atoms with E-state index in [-0.39, 0.29) is 0 Å². The van der Waals surface area contributed by atoms with Gasteiger partial charge >= 0.3 is 0 Å². The second-order valence-corrected chi connectivity index (χ2v) is 7.45. The van der Waals surface area contributed by atoms with Crippen LogP contribution in [0.5, 0.6) is 11.5 Å². The predicted octanol–water partition coefficient (Wildman–Crippen LogP) is 5.76. The Bertz CT molecular complexity index is 501. The average Bonchev–Trinajstić information content (AvgIpc) is 2.62. The molecule has 0 heterocycles. The Balaban J connectivity index is 1.53. The molecule has 0 radical (unpaired) electrons. The first kappa shape index (κ1) is 18.1. The number of hydrogen-bond acceptors (Lipinski definition) is 4. The summed E-state index contributed by atoms with van der Waals surface area (Å²) in [6.45, 7) is 0. The molecule has 0 aliphatic heterocycles. The van der Waals surface area contributed by atoms with Crippen molar-refractivity contribution >= 4 is 23.5 Å². The molecule has 0 bridgehead atoms. The molecule has 0 aliphatic carbocycles. The average molecular weight is 349 g/mol. The molecule has 2 rings (SSSR count). The molecular weight excluding hydrogens is 324 g/mol. The minimum absolute atomic E-state index is 0.921. The predicted molar refractivity (Wildman–Crippen MR) is 101 cm³/mol. The molecular formula is C19H24O2S2. The summed E-state index contributed by atoms with van der Waals surface area (Å²) in [4.78, 5) is 2.64. The molecule has 0 unspecified atom stereocenters. The van der Waals surface area contributed by atoms with Crippen molar-refractivity contribution in [3.8, 4) is 11.5 Å². The monoisotopic (exact) mass is 348 g/mol. The van der Waals surface area contributed by atoms with E-state index < -0.39 is 0 Å². The first-order chi connectivity index (χ1) is 11.3. The highest BCUT2D eigenvalue weighted by molar-refractivity contribution is 7.99. The van der Waals surface area contributed by atoms with Crippen molar-refractivity contribution in [1.29, 1.82) is 0 Å². The largest absolute Gasteiger partial charge is 0.497 e. The summed E-state index contributed by atoms with van der Waals surface area (Å²) in [6, 6.07) is 16.6. The lowest BCUT2D eigenvalue weighted by Gasteiger charge is -2.05. The summed E-state index contributed by atoms with van der Waals surface area (Å²) in [5.41, 5.74) is 0. The van der Waals surface area contributed by atoms with E-state index >= 15 is 0 Å². The Morgan fingerprint density at radius 2 is 1.00 bits per heavy atom. The SMILES string of the molecule is COc1ccc(SCCCCCSc2ccc(OC)cc2)cc1. The van der Waals surface area contributed by atoms with Gasteiger partial charge < -0.3 is 9.47 Å². The highest BCUT2D eigenvalue weighted by Gasteiger charge is 1.98.